The smallest absolute Gasteiger partial charge is 0.407 e. The number of carbonyl (C=O) groups excluding carboxylic acids is 1. The SMILES string of the molecule is C[C@H]1[C@H](/C=C/c2ccc(-c3ccccc3C#N)cn2)[C@H]2NC(=O)O[C@H]2C[C@@H]1C. The molecule has 1 saturated carbocycles. The van der Waals surface area contributed by atoms with Gasteiger partial charge < -0.3 is 10.1 Å². The van der Waals surface area contributed by atoms with Gasteiger partial charge in [0.25, 0.3) is 0 Å². The number of hydrogen-bond donors (Lipinski definition) is 1. The number of nitriles is 1. The van der Waals surface area contributed by atoms with E-state index in [4.69, 9.17) is 4.74 Å². The van der Waals surface area contributed by atoms with Crippen LogP contribution in [0.4, 0.5) is 4.79 Å². The first-order chi connectivity index (χ1) is 13.6. The fourth-order valence-electron chi connectivity index (χ4n) is 4.30. The second kappa shape index (κ2) is 7.47. The number of ether oxygens (including phenoxy) is 1. The maximum atomic E-state index is 11.7. The number of aromatic nitrogens is 1. The quantitative estimate of drug-likeness (QED) is 0.865. The van der Waals surface area contributed by atoms with Gasteiger partial charge in [-0.15, -0.1) is 0 Å². The molecule has 1 aliphatic carbocycles. The molecule has 5 nitrogen and oxygen atoms in total. The van der Waals surface area contributed by atoms with E-state index in [-0.39, 0.29) is 24.2 Å². The van der Waals surface area contributed by atoms with Gasteiger partial charge in [0, 0.05) is 23.2 Å². The number of hydrogen-bond acceptors (Lipinski definition) is 4. The van der Waals surface area contributed by atoms with Crippen LogP contribution in [0.5, 0.6) is 0 Å². The third-order valence-electron chi connectivity index (χ3n) is 6.10. The molecule has 142 valence electrons. The summed E-state index contributed by atoms with van der Waals surface area (Å²) in [7, 11) is 0. The molecule has 4 rings (SSSR count). The molecule has 1 amide bonds. The summed E-state index contributed by atoms with van der Waals surface area (Å²) < 4.78 is 5.43. The Morgan fingerprint density at radius 1 is 1.25 bits per heavy atom. The number of fused-ring (bicyclic) bond motifs is 1. The van der Waals surface area contributed by atoms with Gasteiger partial charge >= 0.3 is 6.09 Å². The maximum absolute atomic E-state index is 11.7. The Morgan fingerprint density at radius 2 is 2.07 bits per heavy atom. The lowest BCUT2D eigenvalue weighted by Gasteiger charge is -2.39. The number of pyridine rings is 1. The van der Waals surface area contributed by atoms with Crippen LogP contribution >= 0.6 is 0 Å². The zero-order valence-electron chi connectivity index (χ0n) is 16.0. The maximum Gasteiger partial charge on any atom is 0.407 e. The van der Waals surface area contributed by atoms with Crippen molar-refractivity contribution in [3.8, 4) is 17.2 Å². The predicted octanol–water partition coefficient (Wildman–Crippen LogP) is 4.40. The van der Waals surface area contributed by atoms with Crippen LogP contribution in [0, 0.1) is 29.1 Å². The molecule has 1 N–H and O–H groups in total. The molecule has 5 heteroatoms. The summed E-state index contributed by atoms with van der Waals surface area (Å²) in [6.45, 7) is 4.45. The standard InChI is InChI=1S/C23H23N3O2/c1-14-11-21-22(26-23(27)28-21)19(15(14)2)10-9-18-8-7-17(13-25-18)20-6-4-3-5-16(20)12-24/h3-10,13-15,19,21-22H,11H2,1-2H3,(H,26,27)/b10-9+/t14-,15+,19-,21-,22+/m0/s1. The van der Waals surface area contributed by atoms with E-state index in [0.717, 1.165) is 23.2 Å². The summed E-state index contributed by atoms with van der Waals surface area (Å²) >= 11 is 0. The summed E-state index contributed by atoms with van der Waals surface area (Å²) in [4.78, 5) is 16.2. The highest BCUT2D eigenvalue weighted by Gasteiger charge is 2.46. The monoisotopic (exact) mass is 373 g/mol. The zero-order chi connectivity index (χ0) is 19.7. The van der Waals surface area contributed by atoms with Crippen molar-refractivity contribution in [3.63, 3.8) is 0 Å². The van der Waals surface area contributed by atoms with E-state index in [1.807, 2.05) is 42.5 Å². The average Bonchev–Trinajstić information content (AvgIpc) is 3.08. The third-order valence-corrected chi connectivity index (χ3v) is 6.10. The van der Waals surface area contributed by atoms with Crippen LogP contribution in [0.25, 0.3) is 17.2 Å². The van der Waals surface area contributed by atoms with Gasteiger partial charge in [-0.1, -0.05) is 44.2 Å². The van der Waals surface area contributed by atoms with Crippen LogP contribution in [0.1, 0.15) is 31.5 Å². The van der Waals surface area contributed by atoms with Crippen molar-refractivity contribution in [1.29, 1.82) is 5.26 Å². The topological polar surface area (TPSA) is 75.0 Å². The van der Waals surface area contributed by atoms with Gasteiger partial charge in [-0.05, 0) is 36.5 Å². The van der Waals surface area contributed by atoms with Crippen LogP contribution in [0.2, 0.25) is 0 Å². The summed E-state index contributed by atoms with van der Waals surface area (Å²) in [6, 6.07) is 13.7. The van der Waals surface area contributed by atoms with Crippen molar-refractivity contribution < 1.29 is 9.53 Å². The molecule has 2 heterocycles. The average molecular weight is 373 g/mol. The van der Waals surface area contributed by atoms with Gasteiger partial charge in [0.1, 0.15) is 6.10 Å². The van der Waals surface area contributed by atoms with Crippen molar-refractivity contribution in [2.24, 2.45) is 17.8 Å². The molecule has 1 aliphatic heterocycles. The number of amides is 1. The van der Waals surface area contributed by atoms with E-state index in [1.54, 1.807) is 6.20 Å². The Kier molecular flexibility index (Phi) is 4.87. The largest absolute Gasteiger partial charge is 0.444 e. The van der Waals surface area contributed by atoms with Crippen LogP contribution in [0.15, 0.2) is 48.7 Å². The number of carbonyl (C=O) groups is 1. The van der Waals surface area contributed by atoms with Gasteiger partial charge in [0.15, 0.2) is 0 Å². The van der Waals surface area contributed by atoms with E-state index < -0.39 is 0 Å². The first-order valence-corrected chi connectivity index (χ1v) is 9.67. The molecule has 2 aliphatic rings. The van der Waals surface area contributed by atoms with Gasteiger partial charge in [-0.25, -0.2) is 4.79 Å². The minimum Gasteiger partial charge on any atom is -0.444 e. The van der Waals surface area contributed by atoms with E-state index in [9.17, 15) is 10.1 Å². The molecule has 2 fully saturated rings. The zero-order valence-corrected chi connectivity index (χ0v) is 16.0. The van der Waals surface area contributed by atoms with Crippen LogP contribution in [-0.4, -0.2) is 23.2 Å². The summed E-state index contributed by atoms with van der Waals surface area (Å²) in [6.07, 6.45) is 6.50. The van der Waals surface area contributed by atoms with Crippen molar-refractivity contribution in [1.82, 2.24) is 10.3 Å². The van der Waals surface area contributed by atoms with E-state index in [0.29, 0.717) is 17.4 Å². The molecule has 5 atom stereocenters. The van der Waals surface area contributed by atoms with Crippen LogP contribution in [0.3, 0.4) is 0 Å². The lowest BCUT2D eigenvalue weighted by molar-refractivity contribution is 0.0575. The molecule has 0 unspecified atom stereocenters. The fourth-order valence-corrected chi connectivity index (χ4v) is 4.30. The van der Waals surface area contributed by atoms with Crippen LogP contribution < -0.4 is 5.32 Å². The summed E-state index contributed by atoms with van der Waals surface area (Å²) in [5, 5.41) is 12.3. The van der Waals surface area contributed by atoms with Crippen LogP contribution in [-0.2, 0) is 4.74 Å². The Morgan fingerprint density at radius 3 is 2.82 bits per heavy atom. The van der Waals surface area contributed by atoms with Crippen molar-refractivity contribution in [2.75, 3.05) is 0 Å². The lowest BCUT2D eigenvalue weighted by Crippen LogP contribution is -2.47. The normalized spacial score (nSPS) is 29.0. The molecular formula is C23H23N3O2. The minimum atomic E-state index is -0.312. The molecule has 2 aromatic rings. The Hall–Kier alpha value is -3.13. The Bertz CT molecular complexity index is 945. The second-order valence-electron chi connectivity index (χ2n) is 7.75. The number of nitrogens with one attached hydrogen (secondary N) is 1. The highest BCUT2D eigenvalue weighted by Crippen LogP contribution is 2.39. The van der Waals surface area contributed by atoms with Crippen molar-refractivity contribution in [3.05, 3.63) is 59.9 Å². The highest BCUT2D eigenvalue weighted by molar-refractivity contribution is 5.71. The van der Waals surface area contributed by atoms with E-state index >= 15 is 0 Å². The number of nitrogens with zero attached hydrogens (tertiary/aromatic N) is 2. The molecule has 0 bridgehead atoms. The van der Waals surface area contributed by atoms with Gasteiger partial charge in [0.2, 0.25) is 0 Å². The molecule has 0 radical (unpaired) electrons. The van der Waals surface area contributed by atoms with Gasteiger partial charge in [-0.3, -0.25) is 4.98 Å². The number of benzene rings is 1. The number of alkyl carbamates (subject to hydrolysis) is 1. The molecule has 1 saturated heterocycles. The molecular weight excluding hydrogens is 350 g/mol. The predicted molar refractivity (Wildman–Crippen MR) is 107 cm³/mol. The fraction of sp³-hybridized carbons (Fsp3) is 0.348. The summed E-state index contributed by atoms with van der Waals surface area (Å²) in [5.41, 5.74) is 3.30. The number of rotatable bonds is 3. The Balaban J connectivity index is 1.54. The van der Waals surface area contributed by atoms with E-state index in [2.05, 4.69) is 36.3 Å². The Labute approximate surface area is 165 Å². The first-order valence-electron chi connectivity index (χ1n) is 9.67. The first kappa shape index (κ1) is 18.2. The highest BCUT2D eigenvalue weighted by atomic mass is 16.6. The third kappa shape index (κ3) is 3.38. The van der Waals surface area contributed by atoms with Crippen molar-refractivity contribution >= 4 is 12.2 Å². The van der Waals surface area contributed by atoms with Gasteiger partial charge in [-0.2, -0.15) is 5.26 Å². The van der Waals surface area contributed by atoms with Crippen molar-refractivity contribution in [2.45, 2.75) is 32.4 Å². The molecule has 0 spiro atoms. The second-order valence-corrected chi connectivity index (χ2v) is 7.75. The van der Waals surface area contributed by atoms with E-state index in [1.165, 1.54) is 0 Å². The minimum absolute atomic E-state index is 0.0247. The van der Waals surface area contributed by atoms with Gasteiger partial charge in [0.05, 0.1) is 23.4 Å². The molecule has 1 aromatic heterocycles. The molecule has 1 aromatic carbocycles. The molecule has 28 heavy (non-hydrogen) atoms. The lowest BCUT2D eigenvalue weighted by atomic mass is 9.70. The summed E-state index contributed by atoms with van der Waals surface area (Å²) in [5.74, 6) is 1.14.